The van der Waals surface area contributed by atoms with Crippen molar-refractivity contribution in [3.63, 3.8) is 0 Å². The van der Waals surface area contributed by atoms with Crippen molar-refractivity contribution >= 4 is 0 Å². The van der Waals surface area contributed by atoms with Gasteiger partial charge in [0.15, 0.2) is 0 Å². The fourth-order valence-electron chi connectivity index (χ4n) is 1.85. The minimum absolute atomic E-state index is 0.326. The van der Waals surface area contributed by atoms with E-state index in [0.717, 1.165) is 12.8 Å². The molecule has 1 aromatic rings. The Morgan fingerprint density at radius 3 is 2.33 bits per heavy atom. The van der Waals surface area contributed by atoms with Crippen LogP contribution in [0.15, 0.2) is 30.3 Å². The molecule has 1 nitrogen and oxygen atoms in total. The summed E-state index contributed by atoms with van der Waals surface area (Å²) in [6.07, 6.45) is 3.43. The molecule has 0 aliphatic rings. The first-order valence-corrected chi connectivity index (χ1v) is 5.88. The van der Waals surface area contributed by atoms with E-state index < -0.39 is 0 Å². The molecule has 0 fully saturated rings. The molecule has 0 saturated heterocycles. The van der Waals surface area contributed by atoms with E-state index in [2.05, 4.69) is 38.1 Å². The summed E-state index contributed by atoms with van der Waals surface area (Å²) in [6, 6.07) is 10.6. The molecular weight excluding hydrogens is 184 g/mol. The Hall–Kier alpha value is -0.820. The Morgan fingerprint density at radius 1 is 1.13 bits per heavy atom. The van der Waals surface area contributed by atoms with Crippen molar-refractivity contribution in [2.45, 2.75) is 33.1 Å². The SMILES string of the molecule is CC(C)[C@H](CO)CCCc1ccccc1. The predicted octanol–water partition coefficient (Wildman–Crippen LogP) is 3.27. The molecule has 1 aromatic carbocycles. The van der Waals surface area contributed by atoms with Crippen LogP contribution in [0.25, 0.3) is 0 Å². The second kappa shape index (κ2) is 6.62. The fourth-order valence-corrected chi connectivity index (χ4v) is 1.85. The van der Waals surface area contributed by atoms with Gasteiger partial charge in [0, 0.05) is 6.61 Å². The van der Waals surface area contributed by atoms with Crippen molar-refractivity contribution in [2.24, 2.45) is 11.8 Å². The van der Waals surface area contributed by atoms with Gasteiger partial charge in [-0.05, 0) is 36.7 Å². The summed E-state index contributed by atoms with van der Waals surface area (Å²) in [5, 5.41) is 9.19. The predicted molar refractivity (Wildman–Crippen MR) is 64.8 cm³/mol. The lowest BCUT2D eigenvalue weighted by Crippen LogP contribution is -2.13. The number of aryl methyl sites for hydroxylation is 1. The topological polar surface area (TPSA) is 20.2 Å². The van der Waals surface area contributed by atoms with Crippen molar-refractivity contribution in [1.29, 1.82) is 0 Å². The number of benzene rings is 1. The molecule has 0 radical (unpaired) electrons. The standard InChI is InChI=1S/C14H22O/c1-12(2)14(11-15)10-6-9-13-7-4-3-5-8-13/h3-5,7-8,12,14-15H,6,9-11H2,1-2H3/t14-/m0/s1. The molecule has 0 aliphatic heterocycles. The highest BCUT2D eigenvalue weighted by atomic mass is 16.3. The summed E-state index contributed by atoms with van der Waals surface area (Å²) in [5.41, 5.74) is 1.40. The normalized spacial score (nSPS) is 13.1. The smallest absolute Gasteiger partial charge is 0.0461 e. The van der Waals surface area contributed by atoms with Crippen LogP contribution >= 0.6 is 0 Å². The van der Waals surface area contributed by atoms with E-state index >= 15 is 0 Å². The zero-order valence-electron chi connectivity index (χ0n) is 9.82. The van der Waals surface area contributed by atoms with Gasteiger partial charge < -0.3 is 5.11 Å². The maximum absolute atomic E-state index is 9.19. The summed E-state index contributed by atoms with van der Waals surface area (Å²) < 4.78 is 0. The Bertz CT molecular complexity index is 253. The van der Waals surface area contributed by atoms with Crippen LogP contribution in [0.4, 0.5) is 0 Å². The Labute approximate surface area is 93.1 Å². The van der Waals surface area contributed by atoms with Crippen LogP contribution in [-0.4, -0.2) is 11.7 Å². The van der Waals surface area contributed by atoms with Gasteiger partial charge in [-0.3, -0.25) is 0 Å². The molecular formula is C14H22O. The third kappa shape index (κ3) is 4.48. The number of hydrogen-bond acceptors (Lipinski definition) is 1. The lowest BCUT2D eigenvalue weighted by atomic mass is 9.90. The number of aliphatic hydroxyl groups is 1. The molecule has 0 amide bonds. The number of aliphatic hydroxyl groups excluding tert-OH is 1. The summed E-state index contributed by atoms with van der Waals surface area (Å²) in [6.45, 7) is 4.69. The van der Waals surface area contributed by atoms with Crippen molar-refractivity contribution in [3.8, 4) is 0 Å². The van der Waals surface area contributed by atoms with Gasteiger partial charge in [-0.25, -0.2) is 0 Å². The van der Waals surface area contributed by atoms with Gasteiger partial charge >= 0.3 is 0 Å². The molecule has 0 spiro atoms. The maximum atomic E-state index is 9.19. The van der Waals surface area contributed by atoms with Crippen LogP contribution in [0.2, 0.25) is 0 Å². The third-order valence-corrected chi connectivity index (χ3v) is 3.06. The largest absolute Gasteiger partial charge is 0.396 e. The van der Waals surface area contributed by atoms with Gasteiger partial charge in [-0.15, -0.1) is 0 Å². The summed E-state index contributed by atoms with van der Waals surface area (Å²) in [5.74, 6) is 1.06. The van der Waals surface area contributed by atoms with E-state index in [1.807, 2.05) is 6.07 Å². The first-order chi connectivity index (χ1) is 7.24. The highest BCUT2D eigenvalue weighted by Gasteiger charge is 2.11. The van der Waals surface area contributed by atoms with Gasteiger partial charge in [0.05, 0.1) is 0 Å². The van der Waals surface area contributed by atoms with Crippen molar-refractivity contribution < 1.29 is 5.11 Å². The first kappa shape index (κ1) is 12.3. The summed E-state index contributed by atoms with van der Waals surface area (Å²) in [4.78, 5) is 0. The lowest BCUT2D eigenvalue weighted by molar-refractivity contribution is 0.179. The highest BCUT2D eigenvalue weighted by Crippen LogP contribution is 2.17. The van der Waals surface area contributed by atoms with Crippen molar-refractivity contribution in [2.75, 3.05) is 6.61 Å². The third-order valence-electron chi connectivity index (χ3n) is 3.06. The van der Waals surface area contributed by atoms with Crippen LogP contribution in [0, 0.1) is 11.8 Å². The number of hydrogen-bond donors (Lipinski definition) is 1. The molecule has 0 aromatic heterocycles. The minimum atomic E-state index is 0.326. The molecule has 84 valence electrons. The zero-order chi connectivity index (χ0) is 11.1. The van der Waals surface area contributed by atoms with E-state index in [1.165, 1.54) is 12.0 Å². The van der Waals surface area contributed by atoms with E-state index in [-0.39, 0.29) is 0 Å². The Morgan fingerprint density at radius 2 is 1.80 bits per heavy atom. The average molecular weight is 206 g/mol. The maximum Gasteiger partial charge on any atom is 0.0461 e. The van der Waals surface area contributed by atoms with E-state index in [4.69, 9.17) is 0 Å². The van der Waals surface area contributed by atoms with E-state index in [0.29, 0.717) is 18.4 Å². The molecule has 15 heavy (non-hydrogen) atoms. The fraction of sp³-hybridized carbons (Fsp3) is 0.571. The molecule has 1 N–H and O–H groups in total. The molecule has 1 heteroatoms. The van der Waals surface area contributed by atoms with Gasteiger partial charge in [0.1, 0.15) is 0 Å². The minimum Gasteiger partial charge on any atom is -0.396 e. The van der Waals surface area contributed by atoms with Gasteiger partial charge in [0.25, 0.3) is 0 Å². The quantitative estimate of drug-likeness (QED) is 0.757. The highest BCUT2D eigenvalue weighted by molar-refractivity contribution is 5.14. The van der Waals surface area contributed by atoms with Crippen LogP contribution in [0.1, 0.15) is 32.3 Å². The molecule has 0 aliphatic carbocycles. The monoisotopic (exact) mass is 206 g/mol. The van der Waals surface area contributed by atoms with Crippen LogP contribution in [0.5, 0.6) is 0 Å². The van der Waals surface area contributed by atoms with E-state index in [9.17, 15) is 5.11 Å². The lowest BCUT2D eigenvalue weighted by Gasteiger charge is -2.17. The molecule has 1 rings (SSSR count). The van der Waals surface area contributed by atoms with E-state index in [1.54, 1.807) is 0 Å². The molecule has 0 heterocycles. The number of rotatable bonds is 6. The van der Waals surface area contributed by atoms with Crippen molar-refractivity contribution in [3.05, 3.63) is 35.9 Å². The van der Waals surface area contributed by atoms with Crippen LogP contribution < -0.4 is 0 Å². The Balaban J connectivity index is 2.27. The van der Waals surface area contributed by atoms with Gasteiger partial charge in [-0.1, -0.05) is 44.2 Å². The molecule has 0 saturated carbocycles. The molecule has 0 bridgehead atoms. The molecule has 1 atom stereocenters. The zero-order valence-corrected chi connectivity index (χ0v) is 9.82. The molecule has 0 unspecified atom stereocenters. The van der Waals surface area contributed by atoms with Gasteiger partial charge in [-0.2, -0.15) is 0 Å². The van der Waals surface area contributed by atoms with Crippen LogP contribution in [0.3, 0.4) is 0 Å². The Kier molecular flexibility index (Phi) is 5.41. The second-order valence-electron chi connectivity index (χ2n) is 4.56. The summed E-state index contributed by atoms with van der Waals surface area (Å²) >= 11 is 0. The second-order valence-corrected chi connectivity index (χ2v) is 4.56. The first-order valence-electron chi connectivity index (χ1n) is 5.88. The van der Waals surface area contributed by atoms with Crippen molar-refractivity contribution in [1.82, 2.24) is 0 Å². The van der Waals surface area contributed by atoms with Crippen LogP contribution in [-0.2, 0) is 6.42 Å². The van der Waals surface area contributed by atoms with Gasteiger partial charge in [0.2, 0.25) is 0 Å². The summed E-state index contributed by atoms with van der Waals surface area (Å²) in [7, 11) is 0. The average Bonchev–Trinajstić information content (AvgIpc) is 2.25.